The molecule has 0 saturated carbocycles. The standard InChI is InChI=1S/C23H26BrN3O3S3/c1-30-18-10-7-9-17(24)22(18)33(28,29)26-14-6-2-5-13-25-23-27-21-16-8-3-4-11-19(16)31-15-12-20(21)32-23/h3-4,7-11,26H,2,5-6,12-15H2,1H3,(H,25,27). The van der Waals surface area contributed by atoms with Crippen molar-refractivity contribution in [3.05, 3.63) is 51.8 Å². The fourth-order valence-corrected chi connectivity index (χ4v) is 8.10. The number of hydrogen-bond donors (Lipinski definition) is 2. The molecule has 0 atom stereocenters. The third-order valence-electron chi connectivity index (χ3n) is 5.27. The Morgan fingerprint density at radius 3 is 2.76 bits per heavy atom. The van der Waals surface area contributed by atoms with Gasteiger partial charge in [0.05, 0.1) is 12.8 Å². The van der Waals surface area contributed by atoms with Gasteiger partial charge in [-0.15, -0.1) is 23.1 Å². The van der Waals surface area contributed by atoms with E-state index in [1.165, 1.54) is 22.4 Å². The highest BCUT2D eigenvalue weighted by Crippen LogP contribution is 2.40. The first kappa shape index (κ1) is 24.5. The van der Waals surface area contributed by atoms with E-state index in [9.17, 15) is 8.42 Å². The average molecular weight is 569 g/mol. The topological polar surface area (TPSA) is 80.3 Å². The molecular weight excluding hydrogens is 542 g/mol. The Kier molecular flexibility index (Phi) is 8.34. The fraction of sp³-hybridized carbons (Fsp3) is 0.348. The highest BCUT2D eigenvalue weighted by molar-refractivity contribution is 9.10. The zero-order chi connectivity index (χ0) is 23.3. The minimum Gasteiger partial charge on any atom is -0.495 e. The number of sulfonamides is 1. The van der Waals surface area contributed by atoms with Crippen molar-refractivity contribution in [1.82, 2.24) is 9.71 Å². The molecular formula is C23H26BrN3O3S3. The molecule has 0 radical (unpaired) electrons. The van der Waals surface area contributed by atoms with Crippen LogP contribution in [-0.2, 0) is 16.4 Å². The van der Waals surface area contributed by atoms with Gasteiger partial charge in [0.15, 0.2) is 5.13 Å². The molecule has 0 spiro atoms. The number of rotatable bonds is 10. The van der Waals surface area contributed by atoms with Gasteiger partial charge >= 0.3 is 0 Å². The predicted molar refractivity (Wildman–Crippen MR) is 140 cm³/mol. The number of nitrogens with one attached hydrogen (secondary N) is 2. The van der Waals surface area contributed by atoms with Gasteiger partial charge < -0.3 is 10.1 Å². The summed E-state index contributed by atoms with van der Waals surface area (Å²) < 4.78 is 33.7. The van der Waals surface area contributed by atoms with E-state index in [0.717, 1.165) is 48.8 Å². The molecule has 3 aromatic rings. The fourth-order valence-electron chi connectivity index (χ4n) is 3.66. The Bertz CT molecular complexity index is 1210. The molecule has 1 aliphatic heterocycles. The van der Waals surface area contributed by atoms with Crippen LogP contribution >= 0.6 is 39.0 Å². The lowest BCUT2D eigenvalue weighted by atomic mass is 10.1. The number of hydrogen-bond acceptors (Lipinski definition) is 7. The van der Waals surface area contributed by atoms with Crippen molar-refractivity contribution >= 4 is 54.2 Å². The third-order valence-corrected chi connectivity index (χ3v) is 9.88. The van der Waals surface area contributed by atoms with Crippen molar-refractivity contribution in [1.29, 1.82) is 0 Å². The van der Waals surface area contributed by atoms with E-state index in [0.29, 0.717) is 16.8 Å². The van der Waals surface area contributed by atoms with Crippen molar-refractivity contribution in [2.24, 2.45) is 0 Å². The summed E-state index contributed by atoms with van der Waals surface area (Å²) in [5.41, 5.74) is 2.34. The Morgan fingerprint density at radius 1 is 1.09 bits per heavy atom. The molecule has 1 aliphatic rings. The minimum atomic E-state index is -3.65. The summed E-state index contributed by atoms with van der Waals surface area (Å²) in [6.07, 6.45) is 3.65. The van der Waals surface area contributed by atoms with Crippen molar-refractivity contribution in [2.75, 3.05) is 31.3 Å². The average Bonchev–Trinajstić information content (AvgIpc) is 3.12. The Morgan fingerprint density at radius 2 is 1.91 bits per heavy atom. The number of fused-ring (bicyclic) bond motifs is 3. The van der Waals surface area contributed by atoms with Crippen LogP contribution in [0.15, 0.2) is 56.7 Å². The van der Waals surface area contributed by atoms with E-state index in [4.69, 9.17) is 9.72 Å². The number of benzene rings is 2. The normalized spacial score (nSPS) is 13.2. The van der Waals surface area contributed by atoms with Crippen LogP contribution in [0.3, 0.4) is 0 Å². The molecule has 33 heavy (non-hydrogen) atoms. The van der Waals surface area contributed by atoms with Crippen LogP contribution in [0.25, 0.3) is 11.3 Å². The number of aryl methyl sites for hydroxylation is 1. The first-order valence-corrected chi connectivity index (χ1v) is 14.9. The van der Waals surface area contributed by atoms with Crippen LogP contribution in [0.2, 0.25) is 0 Å². The third kappa shape index (κ3) is 5.92. The van der Waals surface area contributed by atoms with Gasteiger partial charge in [-0.1, -0.05) is 30.7 Å². The van der Waals surface area contributed by atoms with E-state index in [2.05, 4.69) is 50.2 Å². The van der Waals surface area contributed by atoms with Gasteiger partial charge in [0.25, 0.3) is 0 Å². The van der Waals surface area contributed by atoms with E-state index in [1.807, 2.05) is 11.8 Å². The lowest BCUT2D eigenvalue weighted by Gasteiger charge is -2.12. The molecule has 10 heteroatoms. The Labute approximate surface area is 211 Å². The number of nitrogens with zero attached hydrogens (tertiary/aromatic N) is 1. The SMILES string of the molecule is COc1cccc(Br)c1S(=O)(=O)NCCCCCNc1nc2c(s1)CCSc1ccccc1-2. The highest BCUT2D eigenvalue weighted by atomic mass is 79.9. The molecule has 0 unspecified atom stereocenters. The molecule has 1 aromatic heterocycles. The van der Waals surface area contributed by atoms with E-state index < -0.39 is 10.0 Å². The molecule has 4 rings (SSSR count). The summed E-state index contributed by atoms with van der Waals surface area (Å²) in [6.45, 7) is 1.19. The molecule has 0 aliphatic carbocycles. The van der Waals surface area contributed by atoms with Gasteiger partial charge in [0, 0.05) is 38.7 Å². The van der Waals surface area contributed by atoms with Gasteiger partial charge in [-0.2, -0.15) is 0 Å². The Balaban J connectivity index is 1.23. The van der Waals surface area contributed by atoms with Gasteiger partial charge in [-0.25, -0.2) is 18.1 Å². The predicted octanol–water partition coefficient (Wildman–Crippen LogP) is 5.79. The summed E-state index contributed by atoms with van der Waals surface area (Å²) in [6, 6.07) is 13.6. The van der Waals surface area contributed by atoms with E-state index in [-0.39, 0.29) is 4.90 Å². The summed E-state index contributed by atoms with van der Waals surface area (Å²) in [5.74, 6) is 1.40. The minimum absolute atomic E-state index is 0.137. The largest absolute Gasteiger partial charge is 0.495 e. The maximum absolute atomic E-state index is 12.7. The summed E-state index contributed by atoms with van der Waals surface area (Å²) >= 11 is 6.95. The number of methoxy groups -OCH3 is 1. The Hall–Kier alpha value is -1.59. The zero-order valence-electron chi connectivity index (χ0n) is 18.3. The van der Waals surface area contributed by atoms with Gasteiger partial charge in [0.1, 0.15) is 10.6 Å². The lowest BCUT2D eigenvalue weighted by Crippen LogP contribution is -2.25. The van der Waals surface area contributed by atoms with Crippen LogP contribution < -0.4 is 14.8 Å². The number of halogens is 1. The molecule has 0 bridgehead atoms. The van der Waals surface area contributed by atoms with Crippen LogP contribution in [-0.4, -0.2) is 39.4 Å². The van der Waals surface area contributed by atoms with Gasteiger partial charge in [-0.3, -0.25) is 0 Å². The lowest BCUT2D eigenvalue weighted by molar-refractivity contribution is 0.401. The molecule has 0 fully saturated rings. The monoisotopic (exact) mass is 567 g/mol. The zero-order valence-corrected chi connectivity index (χ0v) is 22.3. The number of thiazole rings is 1. The number of anilines is 1. The summed E-state index contributed by atoms with van der Waals surface area (Å²) in [5, 5.41) is 4.41. The van der Waals surface area contributed by atoms with Crippen LogP contribution in [0.5, 0.6) is 5.75 Å². The quantitative estimate of drug-likeness (QED) is 0.302. The van der Waals surface area contributed by atoms with Crippen LogP contribution in [0.4, 0.5) is 5.13 Å². The second-order valence-corrected chi connectivity index (χ2v) is 12.3. The van der Waals surface area contributed by atoms with E-state index in [1.54, 1.807) is 29.5 Å². The molecule has 0 saturated heterocycles. The van der Waals surface area contributed by atoms with Crippen molar-refractivity contribution < 1.29 is 13.2 Å². The molecule has 2 N–H and O–H groups in total. The second kappa shape index (κ2) is 11.2. The van der Waals surface area contributed by atoms with Crippen LogP contribution in [0.1, 0.15) is 24.1 Å². The number of aromatic nitrogens is 1. The van der Waals surface area contributed by atoms with Gasteiger partial charge in [0.2, 0.25) is 10.0 Å². The summed E-state index contributed by atoms with van der Waals surface area (Å²) in [4.78, 5) is 7.64. The second-order valence-electron chi connectivity index (χ2n) is 7.54. The maximum Gasteiger partial charge on any atom is 0.245 e. The van der Waals surface area contributed by atoms with E-state index >= 15 is 0 Å². The van der Waals surface area contributed by atoms with Crippen LogP contribution in [0, 0.1) is 0 Å². The smallest absolute Gasteiger partial charge is 0.245 e. The highest BCUT2D eigenvalue weighted by Gasteiger charge is 2.22. The number of unbranched alkanes of at least 4 members (excludes halogenated alkanes) is 2. The molecule has 0 amide bonds. The molecule has 176 valence electrons. The van der Waals surface area contributed by atoms with Crippen molar-refractivity contribution in [3.8, 4) is 17.0 Å². The number of thioether (sulfide) groups is 1. The number of ether oxygens (including phenoxy) is 1. The summed E-state index contributed by atoms with van der Waals surface area (Å²) in [7, 11) is -2.18. The maximum atomic E-state index is 12.7. The van der Waals surface area contributed by atoms with Crippen molar-refractivity contribution in [3.63, 3.8) is 0 Å². The van der Waals surface area contributed by atoms with Crippen molar-refractivity contribution in [2.45, 2.75) is 35.5 Å². The first-order valence-electron chi connectivity index (χ1n) is 10.8. The van der Waals surface area contributed by atoms with Gasteiger partial charge in [-0.05, 0) is 53.4 Å². The molecule has 2 aromatic carbocycles. The first-order chi connectivity index (χ1) is 16.0. The molecule has 6 nitrogen and oxygen atoms in total. The molecule has 2 heterocycles.